The summed E-state index contributed by atoms with van der Waals surface area (Å²) in [6.07, 6.45) is 21.3. The van der Waals surface area contributed by atoms with Gasteiger partial charge in [0.2, 0.25) is 0 Å². The Bertz CT molecular complexity index is 311. The van der Waals surface area contributed by atoms with E-state index in [1.807, 2.05) is 0 Å². The Morgan fingerprint density at radius 3 is 0.933 bits per heavy atom. The second-order valence-electron chi connectivity index (χ2n) is 8.25. The van der Waals surface area contributed by atoms with Gasteiger partial charge in [0.1, 0.15) is 0 Å². The van der Waals surface area contributed by atoms with Crippen LogP contribution in [-0.4, -0.2) is 19.8 Å². The molecule has 184 valence electrons. The Hall–Kier alpha value is 0.110. The van der Waals surface area contributed by atoms with Gasteiger partial charge in [0.05, 0.1) is 19.8 Å². The lowest BCUT2D eigenvalue weighted by atomic mass is 10.1. The third-order valence-corrected chi connectivity index (χ3v) is 6.74. The zero-order valence-corrected chi connectivity index (χ0v) is 20.8. The van der Waals surface area contributed by atoms with Crippen molar-refractivity contribution in [3.63, 3.8) is 0 Å². The highest BCUT2D eigenvalue weighted by atomic mass is 31.2. The monoisotopic (exact) mass is 450 g/mol. The standard InChI is InChI=1S/C24H51O4P.CH4/c1-4-7-10-13-16-19-22-26-29(25,27-23-20-17-14-11-8-5-2)28-24-21-18-15-12-9-6-3;/h4-24H2,1-3H3;1H4. The molecule has 4 nitrogen and oxygen atoms in total. The van der Waals surface area contributed by atoms with Crippen molar-refractivity contribution in [2.45, 2.75) is 144 Å². The van der Waals surface area contributed by atoms with Crippen LogP contribution in [-0.2, 0) is 18.1 Å². The predicted octanol–water partition coefficient (Wildman–Crippen LogP) is 9.86. The van der Waals surface area contributed by atoms with Gasteiger partial charge in [-0.05, 0) is 19.3 Å². The Morgan fingerprint density at radius 2 is 0.667 bits per heavy atom. The molecule has 0 aliphatic carbocycles. The van der Waals surface area contributed by atoms with Gasteiger partial charge in [-0.3, -0.25) is 13.6 Å². The molecule has 5 heteroatoms. The maximum Gasteiger partial charge on any atom is 0.474 e. The van der Waals surface area contributed by atoms with E-state index in [-0.39, 0.29) is 7.43 Å². The fraction of sp³-hybridized carbons (Fsp3) is 1.00. The number of phosphoric acid groups is 1. The smallest absolute Gasteiger partial charge is 0.287 e. The zero-order valence-electron chi connectivity index (χ0n) is 19.9. The van der Waals surface area contributed by atoms with Gasteiger partial charge in [-0.25, -0.2) is 4.57 Å². The first-order valence-corrected chi connectivity index (χ1v) is 14.2. The molecule has 0 unspecified atom stereocenters. The summed E-state index contributed by atoms with van der Waals surface area (Å²) in [5, 5.41) is 0. The summed E-state index contributed by atoms with van der Waals surface area (Å²) >= 11 is 0. The van der Waals surface area contributed by atoms with E-state index in [4.69, 9.17) is 13.6 Å². The quantitative estimate of drug-likeness (QED) is 0.108. The van der Waals surface area contributed by atoms with E-state index in [0.29, 0.717) is 19.8 Å². The lowest BCUT2D eigenvalue weighted by molar-refractivity contribution is 0.108. The van der Waals surface area contributed by atoms with Gasteiger partial charge >= 0.3 is 7.82 Å². The van der Waals surface area contributed by atoms with Crippen molar-refractivity contribution in [2.75, 3.05) is 19.8 Å². The highest BCUT2D eigenvalue weighted by molar-refractivity contribution is 7.48. The van der Waals surface area contributed by atoms with E-state index in [9.17, 15) is 4.57 Å². The van der Waals surface area contributed by atoms with Crippen LogP contribution in [0.5, 0.6) is 0 Å². The maximum absolute atomic E-state index is 13.0. The molecule has 0 aromatic rings. The molecule has 0 N–H and O–H groups in total. The van der Waals surface area contributed by atoms with Crippen LogP contribution >= 0.6 is 7.82 Å². The van der Waals surface area contributed by atoms with Crippen molar-refractivity contribution in [2.24, 2.45) is 0 Å². The molecule has 30 heavy (non-hydrogen) atoms. The molecule has 0 rings (SSSR count). The summed E-state index contributed by atoms with van der Waals surface area (Å²) < 4.78 is 29.9. The van der Waals surface area contributed by atoms with Crippen molar-refractivity contribution in [3.8, 4) is 0 Å². The number of unbranched alkanes of at least 4 members (excludes halogenated alkanes) is 15. The van der Waals surface area contributed by atoms with Crippen molar-refractivity contribution in [1.82, 2.24) is 0 Å². The molecular formula is C25H55O4P. The van der Waals surface area contributed by atoms with Crippen LogP contribution in [0.25, 0.3) is 0 Å². The normalized spacial score (nSPS) is 11.6. The van der Waals surface area contributed by atoms with Crippen LogP contribution in [0, 0.1) is 0 Å². The molecule has 0 heterocycles. The molecule has 0 aromatic carbocycles. The molecule has 0 aliphatic rings. The fourth-order valence-electron chi connectivity index (χ4n) is 3.29. The minimum absolute atomic E-state index is 0. The first-order valence-electron chi connectivity index (χ1n) is 12.7. The molecular weight excluding hydrogens is 395 g/mol. The summed E-state index contributed by atoms with van der Waals surface area (Å²) in [6.45, 7) is 8.08. The van der Waals surface area contributed by atoms with Gasteiger partial charge in [0.15, 0.2) is 0 Å². The van der Waals surface area contributed by atoms with Gasteiger partial charge in [-0.1, -0.05) is 125 Å². The van der Waals surface area contributed by atoms with Crippen molar-refractivity contribution < 1.29 is 18.1 Å². The van der Waals surface area contributed by atoms with Crippen LogP contribution in [0.4, 0.5) is 0 Å². The first kappa shape index (κ1) is 32.3. The average molecular weight is 451 g/mol. The number of phosphoric ester groups is 1. The first-order chi connectivity index (χ1) is 14.2. The van der Waals surface area contributed by atoms with Crippen LogP contribution in [0.15, 0.2) is 0 Å². The van der Waals surface area contributed by atoms with Crippen molar-refractivity contribution >= 4 is 7.82 Å². The summed E-state index contributed by atoms with van der Waals surface area (Å²) in [6, 6.07) is 0. The molecule has 0 atom stereocenters. The number of hydrogen-bond donors (Lipinski definition) is 0. The van der Waals surface area contributed by atoms with Gasteiger partial charge < -0.3 is 0 Å². The van der Waals surface area contributed by atoms with E-state index in [2.05, 4.69) is 20.8 Å². The van der Waals surface area contributed by atoms with Gasteiger partial charge in [-0.2, -0.15) is 0 Å². The molecule has 0 aliphatic heterocycles. The van der Waals surface area contributed by atoms with Crippen LogP contribution < -0.4 is 0 Å². The van der Waals surface area contributed by atoms with E-state index in [1.165, 1.54) is 77.0 Å². The van der Waals surface area contributed by atoms with Crippen LogP contribution in [0.3, 0.4) is 0 Å². The molecule has 0 saturated heterocycles. The summed E-state index contributed by atoms with van der Waals surface area (Å²) in [4.78, 5) is 0. The largest absolute Gasteiger partial charge is 0.474 e. The van der Waals surface area contributed by atoms with Gasteiger partial charge in [0, 0.05) is 0 Å². The lowest BCUT2D eigenvalue weighted by Crippen LogP contribution is -2.04. The van der Waals surface area contributed by atoms with Gasteiger partial charge in [0.25, 0.3) is 0 Å². The third-order valence-electron chi connectivity index (χ3n) is 5.24. The van der Waals surface area contributed by atoms with E-state index >= 15 is 0 Å². The van der Waals surface area contributed by atoms with Crippen molar-refractivity contribution in [3.05, 3.63) is 0 Å². The predicted molar refractivity (Wildman–Crippen MR) is 132 cm³/mol. The Morgan fingerprint density at radius 1 is 0.433 bits per heavy atom. The third kappa shape index (κ3) is 22.8. The molecule has 0 spiro atoms. The minimum atomic E-state index is -3.40. The summed E-state index contributed by atoms with van der Waals surface area (Å²) in [5.74, 6) is 0. The maximum atomic E-state index is 13.0. The Labute approximate surface area is 189 Å². The fourth-order valence-corrected chi connectivity index (χ4v) is 4.57. The SMILES string of the molecule is C.CCCCCCCCOP(=O)(OCCCCCCCC)OCCCCCCCC. The number of hydrogen-bond acceptors (Lipinski definition) is 4. The molecule has 0 radical (unpaired) electrons. The highest BCUT2D eigenvalue weighted by Crippen LogP contribution is 2.50. The Balaban J connectivity index is 0. The van der Waals surface area contributed by atoms with E-state index < -0.39 is 7.82 Å². The topological polar surface area (TPSA) is 44.8 Å². The molecule has 0 amide bonds. The second-order valence-corrected chi connectivity index (χ2v) is 9.92. The lowest BCUT2D eigenvalue weighted by Gasteiger charge is -2.18. The minimum Gasteiger partial charge on any atom is -0.287 e. The van der Waals surface area contributed by atoms with E-state index in [0.717, 1.165) is 38.5 Å². The highest BCUT2D eigenvalue weighted by Gasteiger charge is 2.26. The Kier molecular flexibility index (Phi) is 27.3. The average Bonchev–Trinajstić information content (AvgIpc) is 2.72. The van der Waals surface area contributed by atoms with Gasteiger partial charge in [-0.15, -0.1) is 0 Å². The molecule has 0 saturated carbocycles. The van der Waals surface area contributed by atoms with Crippen molar-refractivity contribution in [1.29, 1.82) is 0 Å². The number of rotatable bonds is 24. The second kappa shape index (κ2) is 25.4. The molecule has 0 bridgehead atoms. The molecule has 0 fully saturated rings. The molecule has 0 aromatic heterocycles. The summed E-state index contributed by atoms with van der Waals surface area (Å²) in [7, 11) is -3.40. The van der Waals surface area contributed by atoms with Crippen LogP contribution in [0.2, 0.25) is 0 Å². The zero-order chi connectivity index (χ0) is 21.5. The van der Waals surface area contributed by atoms with E-state index in [1.54, 1.807) is 0 Å². The van der Waals surface area contributed by atoms with Crippen LogP contribution in [0.1, 0.15) is 144 Å². The summed E-state index contributed by atoms with van der Waals surface area (Å²) in [5.41, 5.74) is 0.